The van der Waals surface area contributed by atoms with Crippen LogP contribution in [0.4, 0.5) is 13.2 Å². The third-order valence-electron chi connectivity index (χ3n) is 5.13. The molecular formula is C25H18F3NO9. The van der Waals surface area contributed by atoms with Crippen LogP contribution < -0.4 is 19.6 Å². The first-order valence-corrected chi connectivity index (χ1v) is 10.8. The second-order valence-corrected chi connectivity index (χ2v) is 7.67. The van der Waals surface area contributed by atoms with E-state index in [1.54, 1.807) is 0 Å². The summed E-state index contributed by atoms with van der Waals surface area (Å²) in [6, 6.07) is 9.80. The van der Waals surface area contributed by atoms with Gasteiger partial charge in [-0.1, -0.05) is 0 Å². The SMILES string of the molecule is COC(=O)c1ccc(Oc2c(C(F)(F)F)oc3cc(OC(=O)CCc4cc(OC)no4)ccc3c2=O)cc1. The molecule has 2 heterocycles. The molecule has 0 aliphatic rings. The number of carbonyl (C=O) groups is 2. The molecule has 0 saturated carbocycles. The van der Waals surface area contributed by atoms with Crippen LogP contribution in [0.5, 0.6) is 23.1 Å². The van der Waals surface area contributed by atoms with Crippen LogP contribution >= 0.6 is 0 Å². The quantitative estimate of drug-likeness (QED) is 0.227. The summed E-state index contributed by atoms with van der Waals surface area (Å²) >= 11 is 0. The van der Waals surface area contributed by atoms with E-state index in [4.69, 9.17) is 23.2 Å². The number of fused-ring (bicyclic) bond motifs is 1. The van der Waals surface area contributed by atoms with Gasteiger partial charge in [-0.2, -0.15) is 13.2 Å². The predicted molar refractivity (Wildman–Crippen MR) is 122 cm³/mol. The molecule has 2 aromatic heterocycles. The minimum absolute atomic E-state index is 0.129. The van der Waals surface area contributed by atoms with Crippen LogP contribution in [0.3, 0.4) is 0 Å². The predicted octanol–water partition coefficient (Wildman–Crippen LogP) is 4.93. The fraction of sp³-hybridized carbons (Fsp3) is 0.200. The van der Waals surface area contributed by atoms with Gasteiger partial charge in [0.2, 0.25) is 11.2 Å². The van der Waals surface area contributed by atoms with Gasteiger partial charge in [-0.05, 0) is 41.6 Å². The maximum Gasteiger partial charge on any atom is 0.453 e. The number of nitrogens with zero attached hydrogens (tertiary/aromatic N) is 1. The number of benzene rings is 2. The largest absolute Gasteiger partial charge is 0.479 e. The number of ether oxygens (including phenoxy) is 4. The zero-order valence-electron chi connectivity index (χ0n) is 19.8. The number of alkyl halides is 3. The van der Waals surface area contributed by atoms with Crippen molar-refractivity contribution >= 4 is 22.9 Å². The Hall–Kier alpha value is -4.81. The molecule has 0 unspecified atom stereocenters. The number of aryl methyl sites for hydroxylation is 1. The van der Waals surface area contributed by atoms with Crippen molar-refractivity contribution in [2.75, 3.05) is 14.2 Å². The molecule has 13 heteroatoms. The highest BCUT2D eigenvalue weighted by Gasteiger charge is 2.40. The molecule has 38 heavy (non-hydrogen) atoms. The minimum atomic E-state index is -5.10. The van der Waals surface area contributed by atoms with Crippen LogP contribution in [0.1, 0.15) is 28.3 Å². The summed E-state index contributed by atoms with van der Waals surface area (Å²) in [6.45, 7) is 0. The summed E-state index contributed by atoms with van der Waals surface area (Å²) in [6.07, 6.45) is -5.09. The van der Waals surface area contributed by atoms with Gasteiger partial charge in [-0.15, -0.1) is 0 Å². The van der Waals surface area contributed by atoms with Crippen LogP contribution in [0.25, 0.3) is 11.0 Å². The highest BCUT2D eigenvalue weighted by atomic mass is 19.4. The number of hydrogen-bond acceptors (Lipinski definition) is 10. The van der Waals surface area contributed by atoms with E-state index >= 15 is 0 Å². The Morgan fingerprint density at radius 1 is 1.00 bits per heavy atom. The van der Waals surface area contributed by atoms with E-state index in [1.165, 1.54) is 50.6 Å². The number of carbonyl (C=O) groups excluding carboxylic acids is 2. The lowest BCUT2D eigenvalue weighted by Crippen LogP contribution is -2.16. The maximum atomic E-state index is 13.8. The second kappa shape index (κ2) is 10.7. The van der Waals surface area contributed by atoms with Crippen LogP contribution in [-0.2, 0) is 22.1 Å². The first-order chi connectivity index (χ1) is 18.1. The summed E-state index contributed by atoms with van der Waals surface area (Å²) in [4.78, 5) is 36.7. The van der Waals surface area contributed by atoms with Gasteiger partial charge in [0.05, 0.1) is 31.6 Å². The molecule has 10 nitrogen and oxygen atoms in total. The Morgan fingerprint density at radius 3 is 2.34 bits per heavy atom. The summed E-state index contributed by atoms with van der Waals surface area (Å²) < 4.78 is 71.2. The lowest BCUT2D eigenvalue weighted by atomic mass is 10.2. The number of halogens is 3. The molecule has 0 amide bonds. The number of methoxy groups -OCH3 is 2. The third kappa shape index (κ3) is 5.77. The smallest absolute Gasteiger partial charge is 0.453 e. The first-order valence-electron chi connectivity index (χ1n) is 10.8. The topological polar surface area (TPSA) is 127 Å². The zero-order chi connectivity index (χ0) is 27.4. The maximum absolute atomic E-state index is 13.8. The summed E-state index contributed by atoms with van der Waals surface area (Å²) in [5, 5.41) is 3.36. The minimum Gasteiger partial charge on any atom is -0.479 e. The van der Waals surface area contributed by atoms with E-state index in [-0.39, 0.29) is 41.2 Å². The highest BCUT2D eigenvalue weighted by Crippen LogP contribution is 2.38. The first kappa shape index (κ1) is 26.3. The van der Waals surface area contributed by atoms with Gasteiger partial charge in [0.25, 0.3) is 11.6 Å². The van der Waals surface area contributed by atoms with Crippen molar-refractivity contribution in [2.45, 2.75) is 19.0 Å². The van der Waals surface area contributed by atoms with E-state index in [1.807, 2.05) is 0 Å². The third-order valence-corrected chi connectivity index (χ3v) is 5.13. The molecule has 4 aromatic rings. The van der Waals surface area contributed by atoms with Crippen LogP contribution in [0.2, 0.25) is 0 Å². The van der Waals surface area contributed by atoms with Crippen LogP contribution in [0.15, 0.2) is 62.3 Å². The second-order valence-electron chi connectivity index (χ2n) is 7.67. The van der Waals surface area contributed by atoms with E-state index in [2.05, 4.69) is 9.89 Å². The van der Waals surface area contributed by atoms with Gasteiger partial charge in [0.15, 0.2) is 0 Å². The Labute approximate surface area is 211 Å². The number of rotatable bonds is 8. The monoisotopic (exact) mass is 533 g/mol. The van der Waals surface area contributed by atoms with Crippen LogP contribution in [-0.4, -0.2) is 31.3 Å². The average Bonchev–Trinajstić information content (AvgIpc) is 3.36. The summed E-state index contributed by atoms with van der Waals surface area (Å²) in [7, 11) is 2.57. The van der Waals surface area contributed by atoms with Gasteiger partial charge >= 0.3 is 18.1 Å². The Morgan fingerprint density at radius 2 is 1.71 bits per heavy atom. The summed E-state index contributed by atoms with van der Waals surface area (Å²) in [5.41, 5.74) is -1.45. The van der Waals surface area contributed by atoms with Gasteiger partial charge in [-0.3, -0.25) is 9.59 Å². The van der Waals surface area contributed by atoms with Crippen molar-refractivity contribution in [3.63, 3.8) is 0 Å². The molecule has 0 radical (unpaired) electrons. The lowest BCUT2D eigenvalue weighted by Gasteiger charge is -2.14. The van der Waals surface area contributed by atoms with Crippen LogP contribution in [0, 0.1) is 0 Å². The molecule has 0 fully saturated rings. The molecule has 198 valence electrons. The van der Waals surface area contributed by atoms with E-state index in [0.29, 0.717) is 5.76 Å². The molecule has 0 aliphatic carbocycles. The molecule has 0 N–H and O–H groups in total. The van der Waals surface area contributed by atoms with E-state index in [0.717, 1.165) is 12.1 Å². The molecule has 0 spiro atoms. The molecule has 0 atom stereocenters. The zero-order valence-corrected chi connectivity index (χ0v) is 19.8. The number of aromatic nitrogens is 1. The number of esters is 2. The van der Waals surface area contributed by atoms with Gasteiger partial charge in [0, 0.05) is 18.6 Å². The van der Waals surface area contributed by atoms with Crippen molar-refractivity contribution in [3.05, 3.63) is 75.8 Å². The molecule has 0 saturated heterocycles. The average molecular weight is 533 g/mol. The standard InChI is InChI=1S/C25H18F3NO9/c1-33-19-12-16(38-29-19)8-10-20(30)35-15-7-9-17-18(11-15)37-23(25(26,27)28)22(21(17)31)36-14-5-3-13(4-6-14)24(32)34-2/h3-7,9,11-12H,8,10H2,1-2H3. The molecule has 4 rings (SSSR count). The summed E-state index contributed by atoms with van der Waals surface area (Å²) in [5.74, 6) is -3.84. The molecule has 2 aromatic carbocycles. The number of hydrogen-bond donors (Lipinski definition) is 0. The fourth-order valence-corrected chi connectivity index (χ4v) is 3.31. The molecule has 0 aliphatic heterocycles. The van der Waals surface area contributed by atoms with Gasteiger partial charge in [0.1, 0.15) is 22.8 Å². The molecule has 0 bridgehead atoms. The normalized spacial score (nSPS) is 11.3. The Balaban J connectivity index is 1.59. The van der Waals surface area contributed by atoms with E-state index in [9.17, 15) is 27.6 Å². The van der Waals surface area contributed by atoms with Crippen molar-refractivity contribution in [3.8, 4) is 23.1 Å². The molecular weight excluding hydrogens is 515 g/mol. The van der Waals surface area contributed by atoms with Crippen molar-refractivity contribution in [1.82, 2.24) is 5.16 Å². The van der Waals surface area contributed by atoms with Gasteiger partial charge in [-0.25, -0.2) is 4.79 Å². The van der Waals surface area contributed by atoms with Crippen molar-refractivity contribution < 1.29 is 50.6 Å². The Bertz CT molecular complexity index is 1540. The van der Waals surface area contributed by atoms with Crippen molar-refractivity contribution in [2.24, 2.45) is 0 Å². The Kier molecular flexibility index (Phi) is 7.37. The fourth-order valence-electron chi connectivity index (χ4n) is 3.31. The van der Waals surface area contributed by atoms with Crippen molar-refractivity contribution in [1.29, 1.82) is 0 Å². The highest BCUT2D eigenvalue weighted by molar-refractivity contribution is 5.89. The van der Waals surface area contributed by atoms with Gasteiger partial charge < -0.3 is 27.9 Å². The lowest BCUT2D eigenvalue weighted by molar-refractivity contribution is -0.154. The van der Waals surface area contributed by atoms with E-state index < -0.39 is 40.6 Å².